The number of likely N-dealkylation sites (N-methyl/N-ethyl adjacent to an activating group) is 1. The number of carbonyl (C=O) groups is 2. The molecule has 0 spiro atoms. The standard InChI is InChI=1S/C13H25N3O3/c1-16-10-12(18)19-9-7-5-3-2-4-6-8-11(17)15-13(16)14/h13H,2-10,14H2,1H3,(H,15,17). The Morgan fingerprint density at radius 2 is 1.79 bits per heavy atom. The van der Waals surface area contributed by atoms with Crippen LogP contribution < -0.4 is 11.1 Å². The first-order valence-corrected chi connectivity index (χ1v) is 7.00. The van der Waals surface area contributed by atoms with Crippen LogP contribution in [0.25, 0.3) is 0 Å². The van der Waals surface area contributed by atoms with E-state index in [9.17, 15) is 9.59 Å². The lowest BCUT2D eigenvalue weighted by molar-refractivity contribution is -0.146. The third-order valence-electron chi connectivity index (χ3n) is 3.22. The number of hydrogen-bond donors (Lipinski definition) is 2. The van der Waals surface area contributed by atoms with Crippen molar-refractivity contribution in [1.82, 2.24) is 10.2 Å². The topological polar surface area (TPSA) is 84.7 Å². The van der Waals surface area contributed by atoms with Crippen LogP contribution in [0.4, 0.5) is 0 Å². The summed E-state index contributed by atoms with van der Waals surface area (Å²) in [7, 11) is 1.68. The summed E-state index contributed by atoms with van der Waals surface area (Å²) < 4.78 is 5.11. The van der Waals surface area contributed by atoms with Crippen molar-refractivity contribution in [2.75, 3.05) is 20.2 Å². The Balaban J connectivity index is 2.46. The van der Waals surface area contributed by atoms with Crippen LogP contribution in [0.1, 0.15) is 44.9 Å². The van der Waals surface area contributed by atoms with Crippen LogP contribution in [0, 0.1) is 0 Å². The summed E-state index contributed by atoms with van der Waals surface area (Å²) in [6, 6.07) is 0. The number of cyclic esters (lactones) is 1. The smallest absolute Gasteiger partial charge is 0.320 e. The second kappa shape index (κ2) is 8.87. The summed E-state index contributed by atoms with van der Waals surface area (Å²) in [6.07, 6.45) is 5.99. The van der Waals surface area contributed by atoms with E-state index in [-0.39, 0.29) is 18.4 Å². The highest BCUT2D eigenvalue weighted by Gasteiger charge is 2.16. The van der Waals surface area contributed by atoms with Crippen molar-refractivity contribution in [3.05, 3.63) is 0 Å². The number of amides is 1. The molecule has 0 saturated carbocycles. The Kier molecular flexibility index (Phi) is 7.43. The van der Waals surface area contributed by atoms with Gasteiger partial charge in [-0.05, 0) is 19.9 Å². The molecule has 1 aliphatic heterocycles. The first kappa shape index (κ1) is 15.9. The zero-order valence-corrected chi connectivity index (χ0v) is 11.7. The molecule has 19 heavy (non-hydrogen) atoms. The molecule has 0 aliphatic carbocycles. The minimum absolute atomic E-state index is 0.0670. The maximum atomic E-state index is 11.6. The molecule has 1 rings (SSSR count). The molecule has 1 heterocycles. The van der Waals surface area contributed by atoms with Crippen molar-refractivity contribution >= 4 is 11.9 Å². The predicted octanol–water partition coefficient (Wildman–Crippen LogP) is 0.564. The third-order valence-corrected chi connectivity index (χ3v) is 3.22. The Morgan fingerprint density at radius 1 is 1.16 bits per heavy atom. The molecule has 0 aromatic carbocycles. The van der Waals surface area contributed by atoms with Gasteiger partial charge in [-0.15, -0.1) is 0 Å². The number of hydrogen-bond acceptors (Lipinski definition) is 5. The van der Waals surface area contributed by atoms with Crippen LogP contribution >= 0.6 is 0 Å². The summed E-state index contributed by atoms with van der Waals surface area (Å²) in [5, 5.41) is 2.68. The fraction of sp³-hybridized carbons (Fsp3) is 0.846. The highest BCUT2D eigenvalue weighted by atomic mass is 16.5. The Labute approximate surface area is 114 Å². The lowest BCUT2D eigenvalue weighted by atomic mass is 10.1. The summed E-state index contributed by atoms with van der Waals surface area (Å²) in [5.74, 6) is -0.371. The molecule has 0 aromatic heterocycles. The van der Waals surface area contributed by atoms with Gasteiger partial charge in [0.05, 0.1) is 13.2 Å². The summed E-state index contributed by atoms with van der Waals surface area (Å²) >= 11 is 0. The number of nitrogens with two attached hydrogens (primary N) is 1. The van der Waals surface area contributed by atoms with Gasteiger partial charge in [-0.2, -0.15) is 0 Å². The minimum atomic E-state index is -0.648. The fourth-order valence-electron chi connectivity index (χ4n) is 1.98. The Morgan fingerprint density at radius 3 is 2.53 bits per heavy atom. The molecule has 3 N–H and O–H groups in total. The van der Waals surface area contributed by atoms with Crippen molar-refractivity contribution in [3.63, 3.8) is 0 Å². The summed E-state index contributed by atoms with van der Waals surface area (Å²) in [5.41, 5.74) is 5.80. The number of nitrogens with zero attached hydrogens (tertiary/aromatic N) is 1. The maximum Gasteiger partial charge on any atom is 0.320 e. The van der Waals surface area contributed by atoms with E-state index in [1.807, 2.05) is 0 Å². The van der Waals surface area contributed by atoms with Gasteiger partial charge < -0.3 is 10.1 Å². The number of ether oxygens (including phenoxy) is 1. The van der Waals surface area contributed by atoms with Gasteiger partial charge in [0.15, 0.2) is 0 Å². The maximum absolute atomic E-state index is 11.6. The van der Waals surface area contributed by atoms with Gasteiger partial charge in [0.1, 0.15) is 6.29 Å². The molecular weight excluding hydrogens is 246 g/mol. The lowest BCUT2D eigenvalue weighted by Gasteiger charge is -2.24. The van der Waals surface area contributed by atoms with E-state index < -0.39 is 6.29 Å². The van der Waals surface area contributed by atoms with E-state index >= 15 is 0 Å². The normalized spacial score (nSPS) is 25.9. The minimum Gasteiger partial charge on any atom is -0.465 e. The average molecular weight is 271 g/mol. The van der Waals surface area contributed by atoms with E-state index in [0.29, 0.717) is 13.0 Å². The summed E-state index contributed by atoms with van der Waals surface area (Å²) in [4.78, 5) is 24.7. The van der Waals surface area contributed by atoms with Crippen LogP contribution in [-0.4, -0.2) is 43.3 Å². The Hall–Kier alpha value is -1.14. The first-order valence-electron chi connectivity index (χ1n) is 7.00. The van der Waals surface area contributed by atoms with Crippen molar-refractivity contribution in [1.29, 1.82) is 0 Å². The molecule has 0 aromatic rings. The molecule has 1 fully saturated rings. The molecule has 1 atom stereocenters. The largest absolute Gasteiger partial charge is 0.465 e. The van der Waals surface area contributed by atoms with Crippen LogP contribution in [0.3, 0.4) is 0 Å². The van der Waals surface area contributed by atoms with E-state index in [0.717, 1.165) is 38.5 Å². The molecule has 110 valence electrons. The van der Waals surface area contributed by atoms with Crippen molar-refractivity contribution in [2.45, 2.75) is 51.2 Å². The van der Waals surface area contributed by atoms with Crippen LogP contribution in [0.5, 0.6) is 0 Å². The molecule has 0 bridgehead atoms. The monoisotopic (exact) mass is 271 g/mol. The lowest BCUT2D eigenvalue weighted by Crippen LogP contribution is -2.53. The molecule has 1 aliphatic rings. The zero-order valence-electron chi connectivity index (χ0n) is 11.7. The van der Waals surface area contributed by atoms with Crippen LogP contribution in [0.15, 0.2) is 0 Å². The third kappa shape index (κ3) is 7.12. The van der Waals surface area contributed by atoms with E-state index in [2.05, 4.69) is 5.32 Å². The highest BCUT2D eigenvalue weighted by Crippen LogP contribution is 2.08. The van der Waals surface area contributed by atoms with Crippen molar-refractivity contribution in [2.24, 2.45) is 5.73 Å². The Bertz CT molecular complexity index is 269. The number of nitrogens with one attached hydrogen (secondary N) is 1. The van der Waals surface area contributed by atoms with Crippen LogP contribution in [0.2, 0.25) is 0 Å². The number of carbonyl (C=O) groups excluding carboxylic acids is 2. The molecule has 1 amide bonds. The fourth-order valence-corrected chi connectivity index (χ4v) is 1.98. The molecule has 1 saturated heterocycles. The van der Waals surface area contributed by atoms with Gasteiger partial charge >= 0.3 is 5.97 Å². The van der Waals surface area contributed by atoms with Gasteiger partial charge in [0.2, 0.25) is 5.91 Å². The first-order chi connectivity index (χ1) is 9.09. The average Bonchev–Trinajstić information content (AvgIpc) is 2.35. The molecule has 6 nitrogen and oxygen atoms in total. The molecule has 0 radical (unpaired) electrons. The predicted molar refractivity (Wildman–Crippen MR) is 72.0 cm³/mol. The van der Waals surface area contributed by atoms with E-state index in [1.165, 1.54) is 0 Å². The number of rotatable bonds is 0. The van der Waals surface area contributed by atoms with Crippen molar-refractivity contribution in [3.8, 4) is 0 Å². The SMILES string of the molecule is CN1CC(=O)OCCCCCCCCC(=O)NC1N. The second-order valence-corrected chi connectivity index (χ2v) is 5.02. The van der Waals surface area contributed by atoms with Gasteiger partial charge in [-0.3, -0.25) is 20.2 Å². The number of esters is 1. The molecular formula is C13H25N3O3. The van der Waals surface area contributed by atoms with Crippen molar-refractivity contribution < 1.29 is 14.3 Å². The highest BCUT2D eigenvalue weighted by molar-refractivity contribution is 5.76. The van der Waals surface area contributed by atoms with E-state index in [4.69, 9.17) is 10.5 Å². The van der Waals surface area contributed by atoms with Gasteiger partial charge in [0, 0.05) is 6.42 Å². The summed E-state index contributed by atoms with van der Waals surface area (Å²) in [6.45, 7) is 0.551. The molecule has 6 heteroatoms. The molecule has 1 unspecified atom stereocenters. The van der Waals surface area contributed by atoms with Crippen LogP contribution in [-0.2, 0) is 14.3 Å². The van der Waals surface area contributed by atoms with Gasteiger partial charge in [-0.1, -0.05) is 25.7 Å². The van der Waals surface area contributed by atoms with Gasteiger partial charge in [-0.25, -0.2) is 0 Å². The van der Waals surface area contributed by atoms with E-state index in [1.54, 1.807) is 11.9 Å². The van der Waals surface area contributed by atoms with Gasteiger partial charge in [0.25, 0.3) is 0 Å². The second-order valence-electron chi connectivity index (χ2n) is 5.02. The zero-order chi connectivity index (χ0) is 14.1. The quantitative estimate of drug-likeness (QED) is 0.629.